The predicted octanol–water partition coefficient (Wildman–Crippen LogP) is 2.68. The van der Waals surface area contributed by atoms with Crippen LogP contribution >= 0.6 is 0 Å². The second-order valence-electron chi connectivity index (χ2n) is 5.66. The van der Waals surface area contributed by atoms with Gasteiger partial charge in [-0.1, -0.05) is 38.1 Å². The molecule has 1 atom stereocenters. The fourth-order valence-electron chi connectivity index (χ4n) is 2.38. The van der Waals surface area contributed by atoms with Gasteiger partial charge in [0.05, 0.1) is 0 Å². The molecule has 1 heterocycles. The molecule has 0 aromatic heterocycles. The van der Waals surface area contributed by atoms with E-state index in [1.54, 1.807) is 6.92 Å². The summed E-state index contributed by atoms with van der Waals surface area (Å²) in [7, 11) is 0. The van der Waals surface area contributed by atoms with Crippen LogP contribution in [0, 0.1) is 0 Å². The Kier molecular flexibility index (Phi) is 4.42. The van der Waals surface area contributed by atoms with Gasteiger partial charge in [-0.15, -0.1) is 0 Å². The minimum absolute atomic E-state index is 0.120. The molecule has 0 saturated carbocycles. The highest BCUT2D eigenvalue weighted by atomic mass is 16.2. The Morgan fingerprint density at radius 1 is 1.20 bits per heavy atom. The van der Waals surface area contributed by atoms with Crippen molar-refractivity contribution in [1.29, 1.82) is 0 Å². The van der Waals surface area contributed by atoms with Crippen molar-refractivity contribution in [1.82, 2.24) is 10.2 Å². The summed E-state index contributed by atoms with van der Waals surface area (Å²) in [6.07, 6.45) is 1.68. The minimum Gasteiger partial charge on any atom is -0.326 e. The quantitative estimate of drug-likeness (QED) is 0.839. The number of nitrogens with one attached hydrogen (secondary N) is 1. The van der Waals surface area contributed by atoms with Crippen LogP contribution in [0.25, 0.3) is 0 Å². The number of carbonyl (C=O) groups excluding carboxylic acids is 2. The number of hydrogen-bond acceptors (Lipinski definition) is 2. The number of amides is 3. The topological polar surface area (TPSA) is 49.4 Å². The number of benzene rings is 1. The molecule has 2 rings (SSSR count). The first-order valence-corrected chi connectivity index (χ1v) is 7.19. The molecular formula is C16H22N2O2. The summed E-state index contributed by atoms with van der Waals surface area (Å²) in [6.45, 7) is 6.55. The summed E-state index contributed by atoms with van der Waals surface area (Å²) in [5.74, 6) is 0.418. The Bertz CT molecular complexity index is 494. The van der Waals surface area contributed by atoms with Crippen molar-refractivity contribution >= 4 is 11.9 Å². The molecule has 4 heteroatoms. The van der Waals surface area contributed by atoms with E-state index in [4.69, 9.17) is 0 Å². The number of imide groups is 1. The predicted molar refractivity (Wildman–Crippen MR) is 78.6 cm³/mol. The lowest BCUT2D eigenvalue weighted by Gasteiger charge is -2.12. The molecule has 1 aromatic carbocycles. The fraction of sp³-hybridized carbons (Fsp3) is 0.500. The maximum atomic E-state index is 11.7. The van der Waals surface area contributed by atoms with Crippen LogP contribution in [-0.2, 0) is 11.2 Å². The first-order chi connectivity index (χ1) is 9.49. The van der Waals surface area contributed by atoms with Crippen molar-refractivity contribution in [3.63, 3.8) is 0 Å². The highest BCUT2D eigenvalue weighted by Gasteiger charge is 2.34. The van der Waals surface area contributed by atoms with E-state index in [1.165, 1.54) is 16.0 Å². The molecule has 1 fully saturated rings. The van der Waals surface area contributed by atoms with E-state index in [-0.39, 0.29) is 18.0 Å². The van der Waals surface area contributed by atoms with E-state index in [1.807, 2.05) is 0 Å². The summed E-state index contributed by atoms with van der Waals surface area (Å²) < 4.78 is 0. The number of rotatable bonds is 5. The average Bonchev–Trinajstić information content (AvgIpc) is 2.65. The summed E-state index contributed by atoms with van der Waals surface area (Å²) in [5.41, 5.74) is 2.58. The van der Waals surface area contributed by atoms with Crippen molar-refractivity contribution in [3.05, 3.63) is 35.4 Å². The van der Waals surface area contributed by atoms with E-state index in [0.717, 1.165) is 12.8 Å². The molecule has 1 saturated heterocycles. The van der Waals surface area contributed by atoms with E-state index >= 15 is 0 Å². The van der Waals surface area contributed by atoms with Crippen LogP contribution in [0.15, 0.2) is 24.3 Å². The Hall–Kier alpha value is -1.84. The van der Waals surface area contributed by atoms with E-state index in [0.29, 0.717) is 12.5 Å². The SMILES string of the molecule is CC(C)c1ccc(CCCN2C(=O)N[C@H](C)C2=O)cc1. The third kappa shape index (κ3) is 3.18. The normalized spacial score (nSPS) is 18.8. The molecular weight excluding hydrogens is 252 g/mol. The summed E-state index contributed by atoms with van der Waals surface area (Å²) in [5, 5.41) is 2.62. The monoisotopic (exact) mass is 274 g/mol. The van der Waals surface area contributed by atoms with Crippen molar-refractivity contribution in [3.8, 4) is 0 Å². The third-order valence-electron chi connectivity index (χ3n) is 3.72. The molecule has 20 heavy (non-hydrogen) atoms. The van der Waals surface area contributed by atoms with Crippen LogP contribution in [0.2, 0.25) is 0 Å². The van der Waals surface area contributed by atoms with Gasteiger partial charge in [0.1, 0.15) is 6.04 Å². The Labute approximate surface area is 120 Å². The zero-order valence-corrected chi connectivity index (χ0v) is 12.3. The molecule has 1 N–H and O–H groups in total. The van der Waals surface area contributed by atoms with Gasteiger partial charge in [0.2, 0.25) is 0 Å². The number of hydrogen-bond donors (Lipinski definition) is 1. The molecule has 0 radical (unpaired) electrons. The minimum atomic E-state index is -0.382. The van der Waals surface area contributed by atoms with Gasteiger partial charge in [0.25, 0.3) is 5.91 Å². The zero-order valence-electron chi connectivity index (χ0n) is 12.3. The molecule has 0 spiro atoms. The molecule has 1 aliphatic rings. The Morgan fingerprint density at radius 2 is 1.85 bits per heavy atom. The van der Waals surface area contributed by atoms with Gasteiger partial charge in [-0.3, -0.25) is 9.69 Å². The van der Waals surface area contributed by atoms with Gasteiger partial charge in [-0.2, -0.15) is 0 Å². The summed E-state index contributed by atoms with van der Waals surface area (Å²) in [4.78, 5) is 24.6. The smallest absolute Gasteiger partial charge is 0.324 e. The van der Waals surface area contributed by atoms with Gasteiger partial charge in [0, 0.05) is 6.54 Å². The van der Waals surface area contributed by atoms with E-state index < -0.39 is 0 Å². The highest BCUT2D eigenvalue weighted by Crippen LogP contribution is 2.16. The number of nitrogens with zero attached hydrogens (tertiary/aromatic N) is 1. The number of carbonyl (C=O) groups is 2. The van der Waals surface area contributed by atoms with Gasteiger partial charge >= 0.3 is 6.03 Å². The molecule has 0 unspecified atom stereocenters. The van der Waals surface area contributed by atoms with Crippen molar-refractivity contribution in [2.24, 2.45) is 0 Å². The Morgan fingerprint density at radius 3 is 2.35 bits per heavy atom. The number of aryl methyl sites for hydroxylation is 1. The molecule has 0 bridgehead atoms. The average molecular weight is 274 g/mol. The second-order valence-corrected chi connectivity index (χ2v) is 5.66. The maximum absolute atomic E-state index is 11.7. The number of urea groups is 1. The Balaban J connectivity index is 1.84. The first-order valence-electron chi connectivity index (χ1n) is 7.19. The highest BCUT2D eigenvalue weighted by molar-refractivity contribution is 6.03. The van der Waals surface area contributed by atoms with Gasteiger partial charge in [0.15, 0.2) is 0 Å². The molecule has 4 nitrogen and oxygen atoms in total. The van der Waals surface area contributed by atoms with E-state index in [2.05, 4.69) is 43.4 Å². The van der Waals surface area contributed by atoms with Crippen molar-refractivity contribution in [2.45, 2.75) is 45.6 Å². The van der Waals surface area contributed by atoms with Gasteiger partial charge in [-0.25, -0.2) is 4.79 Å². The van der Waals surface area contributed by atoms with Crippen LogP contribution in [0.5, 0.6) is 0 Å². The molecule has 108 valence electrons. The van der Waals surface area contributed by atoms with Gasteiger partial charge in [-0.05, 0) is 36.8 Å². The summed E-state index contributed by atoms with van der Waals surface area (Å²) >= 11 is 0. The van der Waals surface area contributed by atoms with Crippen LogP contribution < -0.4 is 5.32 Å². The van der Waals surface area contributed by atoms with Gasteiger partial charge < -0.3 is 5.32 Å². The standard InChI is InChI=1S/C16H22N2O2/c1-11(2)14-8-6-13(7-9-14)5-4-10-18-15(19)12(3)17-16(18)20/h6-9,11-12H,4-5,10H2,1-3H3,(H,17,20)/t12-/m1/s1. The molecule has 3 amide bonds. The van der Waals surface area contributed by atoms with Crippen LogP contribution in [-0.4, -0.2) is 29.4 Å². The maximum Gasteiger partial charge on any atom is 0.324 e. The largest absolute Gasteiger partial charge is 0.326 e. The zero-order chi connectivity index (χ0) is 14.7. The first kappa shape index (κ1) is 14.6. The molecule has 0 aliphatic carbocycles. The molecule has 1 aliphatic heterocycles. The van der Waals surface area contributed by atoms with E-state index in [9.17, 15) is 9.59 Å². The third-order valence-corrected chi connectivity index (χ3v) is 3.72. The van der Waals surface area contributed by atoms with Crippen LogP contribution in [0.1, 0.15) is 44.2 Å². The fourth-order valence-corrected chi connectivity index (χ4v) is 2.38. The lowest BCUT2D eigenvalue weighted by atomic mass is 10.0. The molecule has 1 aromatic rings. The lowest BCUT2D eigenvalue weighted by Crippen LogP contribution is -2.32. The van der Waals surface area contributed by atoms with Crippen molar-refractivity contribution in [2.75, 3.05) is 6.54 Å². The summed E-state index contributed by atoms with van der Waals surface area (Å²) in [6, 6.07) is 7.91. The lowest BCUT2D eigenvalue weighted by molar-refractivity contribution is -0.127. The van der Waals surface area contributed by atoms with Crippen LogP contribution in [0.3, 0.4) is 0 Å². The van der Waals surface area contributed by atoms with Crippen molar-refractivity contribution < 1.29 is 9.59 Å². The second kappa shape index (κ2) is 6.07. The van der Waals surface area contributed by atoms with Crippen LogP contribution in [0.4, 0.5) is 4.79 Å².